The summed E-state index contributed by atoms with van der Waals surface area (Å²) in [6.45, 7) is 3.90. The van der Waals surface area contributed by atoms with Crippen LogP contribution in [0.1, 0.15) is 26.2 Å². The first-order valence-electron chi connectivity index (χ1n) is 4.66. The quantitative estimate of drug-likeness (QED) is 0.676. The zero-order valence-electron chi connectivity index (χ0n) is 7.62. The molecule has 1 saturated heterocycles. The van der Waals surface area contributed by atoms with Crippen molar-refractivity contribution in [1.82, 2.24) is 4.90 Å². The first-order chi connectivity index (χ1) is 5.77. The van der Waals surface area contributed by atoms with E-state index in [2.05, 4.69) is 0 Å². The lowest BCUT2D eigenvalue weighted by atomic mass is 9.95. The van der Waals surface area contributed by atoms with Crippen LogP contribution in [-0.2, 0) is 4.79 Å². The van der Waals surface area contributed by atoms with Crippen molar-refractivity contribution < 1.29 is 9.90 Å². The predicted octanol–water partition coefficient (Wildman–Crippen LogP) is 0.627. The monoisotopic (exact) mass is 171 g/mol. The molecule has 0 spiro atoms. The SMILES string of the molecule is CCN1C[C@H](CCO)CCC1=O. The maximum absolute atomic E-state index is 11.2. The summed E-state index contributed by atoms with van der Waals surface area (Å²) in [6.07, 6.45) is 2.46. The van der Waals surface area contributed by atoms with Crippen molar-refractivity contribution in [2.75, 3.05) is 19.7 Å². The predicted molar refractivity (Wildman–Crippen MR) is 46.7 cm³/mol. The molecule has 1 heterocycles. The summed E-state index contributed by atoms with van der Waals surface area (Å²) in [6, 6.07) is 0. The molecule has 1 aliphatic rings. The van der Waals surface area contributed by atoms with Crippen LogP contribution in [0.25, 0.3) is 0 Å². The lowest BCUT2D eigenvalue weighted by Crippen LogP contribution is -2.39. The molecule has 12 heavy (non-hydrogen) atoms. The lowest BCUT2D eigenvalue weighted by molar-refractivity contribution is -0.134. The molecule has 1 fully saturated rings. The molecule has 1 rings (SSSR count). The van der Waals surface area contributed by atoms with Gasteiger partial charge < -0.3 is 10.0 Å². The van der Waals surface area contributed by atoms with Crippen LogP contribution in [0.4, 0.5) is 0 Å². The van der Waals surface area contributed by atoms with Gasteiger partial charge in [0, 0.05) is 26.1 Å². The number of rotatable bonds is 3. The number of hydrogen-bond donors (Lipinski definition) is 1. The Morgan fingerprint density at radius 3 is 3.00 bits per heavy atom. The first kappa shape index (κ1) is 9.52. The minimum atomic E-state index is 0.246. The van der Waals surface area contributed by atoms with Crippen LogP contribution in [0.3, 0.4) is 0 Å². The van der Waals surface area contributed by atoms with Crippen LogP contribution in [-0.4, -0.2) is 35.6 Å². The van der Waals surface area contributed by atoms with E-state index in [-0.39, 0.29) is 12.5 Å². The van der Waals surface area contributed by atoms with Crippen molar-refractivity contribution in [3.63, 3.8) is 0 Å². The number of aliphatic hydroxyl groups is 1. The Labute approximate surface area is 73.4 Å². The van der Waals surface area contributed by atoms with Gasteiger partial charge in [0.25, 0.3) is 0 Å². The van der Waals surface area contributed by atoms with Crippen molar-refractivity contribution in [2.24, 2.45) is 5.92 Å². The van der Waals surface area contributed by atoms with E-state index in [0.717, 1.165) is 25.9 Å². The number of carbonyl (C=O) groups excluding carboxylic acids is 1. The first-order valence-corrected chi connectivity index (χ1v) is 4.66. The van der Waals surface area contributed by atoms with Gasteiger partial charge in [-0.25, -0.2) is 0 Å². The lowest BCUT2D eigenvalue weighted by Gasteiger charge is -2.31. The van der Waals surface area contributed by atoms with Gasteiger partial charge in [0.2, 0.25) is 5.91 Å². The summed E-state index contributed by atoms with van der Waals surface area (Å²) in [5, 5.41) is 8.74. The largest absolute Gasteiger partial charge is 0.396 e. The Balaban J connectivity index is 2.38. The molecule has 0 saturated carbocycles. The van der Waals surface area contributed by atoms with Crippen LogP contribution in [0.15, 0.2) is 0 Å². The molecule has 0 unspecified atom stereocenters. The second kappa shape index (κ2) is 4.45. The second-order valence-corrected chi connectivity index (χ2v) is 3.35. The summed E-state index contributed by atoms with van der Waals surface area (Å²) in [4.78, 5) is 13.1. The number of amides is 1. The summed E-state index contributed by atoms with van der Waals surface area (Å²) >= 11 is 0. The highest BCUT2D eigenvalue weighted by molar-refractivity contribution is 5.76. The number of piperidine rings is 1. The van der Waals surface area contributed by atoms with Crippen LogP contribution >= 0.6 is 0 Å². The van der Waals surface area contributed by atoms with Crippen molar-refractivity contribution in [3.8, 4) is 0 Å². The highest BCUT2D eigenvalue weighted by atomic mass is 16.3. The van der Waals surface area contributed by atoms with Gasteiger partial charge in [-0.15, -0.1) is 0 Å². The van der Waals surface area contributed by atoms with Gasteiger partial charge in [-0.3, -0.25) is 4.79 Å². The molecule has 0 bridgehead atoms. The second-order valence-electron chi connectivity index (χ2n) is 3.35. The molecule has 0 radical (unpaired) electrons. The number of aliphatic hydroxyl groups excluding tert-OH is 1. The molecule has 3 heteroatoms. The summed E-state index contributed by atoms with van der Waals surface area (Å²) < 4.78 is 0. The third-order valence-electron chi connectivity index (χ3n) is 2.52. The highest BCUT2D eigenvalue weighted by Crippen LogP contribution is 2.19. The Morgan fingerprint density at radius 1 is 1.67 bits per heavy atom. The molecular formula is C9H17NO2. The van der Waals surface area contributed by atoms with Gasteiger partial charge in [0.05, 0.1) is 0 Å². The fourth-order valence-corrected chi connectivity index (χ4v) is 1.71. The summed E-state index contributed by atoms with van der Waals surface area (Å²) in [5.41, 5.74) is 0. The van der Waals surface area contributed by atoms with E-state index in [1.54, 1.807) is 0 Å². The summed E-state index contributed by atoms with van der Waals surface area (Å²) in [7, 11) is 0. The van der Waals surface area contributed by atoms with Gasteiger partial charge in [0.1, 0.15) is 0 Å². The van der Waals surface area contributed by atoms with Gasteiger partial charge in [-0.2, -0.15) is 0 Å². The third-order valence-corrected chi connectivity index (χ3v) is 2.52. The molecule has 1 atom stereocenters. The molecule has 1 N–H and O–H groups in total. The minimum absolute atomic E-state index is 0.246. The van der Waals surface area contributed by atoms with Crippen molar-refractivity contribution in [1.29, 1.82) is 0 Å². The standard InChI is InChI=1S/C9H17NO2/c1-2-10-7-8(5-6-11)3-4-9(10)12/h8,11H,2-7H2,1H3/t8-/m0/s1. The van der Waals surface area contributed by atoms with E-state index in [0.29, 0.717) is 12.3 Å². The Kier molecular flexibility index (Phi) is 3.53. The van der Waals surface area contributed by atoms with Gasteiger partial charge in [0.15, 0.2) is 0 Å². The molecule has 0 aromatic rings. The van der Waals surface area contributed by atoms with Crippen molar-refractivity contribution in [2.45, 2.75) is 26.2 Å². The van der Waals surface area contributed by atoms with E-state index >= 15 is 0 Å². The van der Waals surface area contributed by atoms with Gasteiger partial charge in [-0.1, -0.05) is 0 Å². The van der Waals surface area contributed by atoms with Crippen LogP contribution in [0.5, 0.6) is 0 Å². The van der Waals surface area contributed by atoms with E-state index in [1.165, 1.54) is 0 Å². The molecule has 0 aromatic carbocycles. The highest BCUT2D eigenvalue weighted by Gasteiger charge is 2.23. The van der Waals surface area contributed by atoms with E-state index < -0.39 is 0 Å². The Bertz CT molecular complexity index is 159. The van der Waals surface area contributed by atoms with E-state index in [1.807, 2.05) is 11.8 Å². The maximum Gasteiger partial charge on any atom is 0.222 e. The van der Waals surface area contributed by atoms with Gasteiger partial charge >= 0.3 is 0 Å². The topological polar surface area (TPSA) is 40.5 Å². The summed E-state index contributed by atoms with van der Waals surface area (Å²) in [5.74, 6) is 0.791. The Hall–Kier alpha value is -0.570. The molecule has 0 aliphatic carbocycles. The smallest absolute Gasteiger partial charge is 0.222 e. The molecule has 1 amide bonds. The minimum Gasteiger partial charge on any atom is -0.396 e. The van der Waals surface area contributed by atoms with Crippen molar-refractivity contribution >= 4 is 5.91 Å². The average Bonchev–Trinajstić information content (AvgIpc) is 2.09. The molecule has 3 nitrogen and oxygen atoms in total. The number of likely N-dealkylation sites (tertiary alicyclic amines) is 1. The average molecular weight is 171 g/mol. The maximum atomic E-state index is 11.2. The molecule has 1 aliphatic heterocycles. The number of carbonyl (C=O) groups is 1. The van der Waals surface area contributed by atoms with Gasteiger partial charge in [-0.05, 0) is 25.7 Å². The van der Waals surface area contributed by atoms with Crippen LogP contribution in [0, 0.1) is 5.92 Å². The number of hydrogen-bond acceptors (Lipinski definition) is 2. The third kappa shape index (κ3) is 2.21. The van der Waals surface area contributed by atoms with Crippen LogP contribution < -0.4 is 0 Å². The fourth-order valence-electron chi connectivity index (χ4n) is 1.71. The number of nitrogens with zero attached hydrogens (tertiary/aromatic N) is 1. The molecule has 70 valence electrons. The normalized spacial score (nSPS) is 24.7. The molecular weight excluding hydrogens is 154 g/mol. The zero-order chi connectivity index (χ0) is 8.97. The van der Waals surface area contributed by atoms with Crippen molar-refractivity contribution in [3.05, 3.63) is 0 Å². The van der Waals surface area contributed by atoms with Crippen LogP contribution in [0.2, 0.25) is 0 Å². The van der Waals surface area contributed by atoms with E-state index in [9.17, 15) is 4.79 Å². The Morgan fingerprint density at radius 2 is 2.42 bits per heavy atom. The van der Waals surface area contributed by atoms with E-state index in [4.69, 9.17) is 5.11 Å². The zero-order valence-corrected chi connectivity index (χ0v) is 7.62. The fraction of sp³-hybridized carbons (Fsp3) is 0.889. The molecule has 0 aromatic heterocycles.